The molecule has 0 heterocycles. The van der Waals surface area contributed by atoms with Gasteiger partial charge < -0.3 is 25.0 Å². The number of aliphatic hydroxyl groups excluding tert-OH is 1. The molecule has 6 heteroatoms. The van der Waals surface area contributed by atoms with E-state index in [1.807, 2.05) is 37.3 Å². The summed E-state index contributed by atoms with van der Waals surface area (Å²) in [6.45, 7) is 3.29. The summed E-state index contributed by atoms with van der Waals surface area (Å²) < 4.78 is 10.8. The molecule has 0 aliphatic carbocycles. The quantitative estimate of drug-likeness (QED) is 0.383. The molecule has 0 spiro atoms. The number of rotatable bonds is 12. The second kappa shape index (κ2) is 11.3. The van der Waals surface area contributed by atoms with Crippen LogP contribution in [0.1, 0.15) is 35.7 Å². The number of nitrogens with one attached hydrogen (secondary N) is 1. The van der Waals surface area contributed by atoms with Gasteiger partial charge in [0.25, 0.3) is 0 Å². The van der Waals surface area contributed by atoms with E-state index in [0.717, 1.165) is 18.5 Å². The number of benzene rings is 2. The van der Waals surface area contributed by atoms with Gasteiger partial charge in [-0.3, -0.25) is 4.79 Å². The van der Waals surface area contributed by atoms with E-state index >= 15 is 0 Å². The predicted octanol–water partition coefficient (Wildman–Crippen LogP) is 2.96. The fourth-order valence-corrected chi connectivity index (χ4v) is 2.78. The Kier molecular flexibility index (Phi) is 8.78. The van der Waals surface area contributed by atoms with Crippen molar-refractivity contribution in [3.05, 3.63) is 53.6 Å². The van der Waals surface area contributed by atoms with Crippen LogP contribution in [0.2, 0.25) is 0 Å². The van der Waals surface area contributed by atoms with E-state index in [-0.39, 0.29) is 35.9 Å². The number of hydrogen-bond acceptors (Lipinski definition) is 6. The Balaban J connectivity index is 2.08. The highest BCUT2D eigenvalue weighted by molar-refractivity contribution is 5.99. The maximum Gasteiger partial charge on any atom is 0.167 e. The first-order valence-corrected chi connectivity index (χ1v) is 9.54. The van der Waals surface area contributed by atoms with Crippen molar-refractivity contribution in [2.45, 2.75) is 32.3 Å². The summed E-state index contributed by atoms with van der Waals surface area (Å²) in [5, 5.41) is 23.2. The van der Waals surface area contributed by atoms with Crippen LogP contribution < -0.4 is 14.8 Å². The normalized spacial score (nSPS) is 11.8. The van der Waals surface area contributed by atoms with Gasteiger partial charge in [0.05, 0.1) is 12.7 Å². The van der Waals surface area contributed by atoms with Crippen LogP contribution in [0.3, 0.4) is 0 Å². The van der Waals surface area contributed by atoms with Crippen LogP contribution in [0.4, 0.5) is 0 Å². The summed E-state index contributed by atoms with van der Waals surface area (Å²) in [6, 6.07) is 12.6. The van der Waals surface area contributed by atoms with Gasteiger partial charge in [-0.25, -0.2) is 0 Å². The molecule has 1 atom stereocenters. The lowest BCUT2D eigenvalue weighted by atomic mass is 10.0. The predicted molar refractivity (Wildman–Crippen MR) is 108 cm³/mol. The molecule has 0 aromatic heterocycles. The van der Waals surface area contributed by atoms with Crippen molar-refractivity contribution in [1.82, 2.24) is 5.32 Å². The highest BCUT2D eigenvalue weighted by Gasteiger charge is 2.18. The van der Waals surface area contributed by atoms with Crippen molar-refractivity contribution in [2.24, 2.45) is 0 Å². The summed E-state index contributed by atoms with van der Waals surface area (Å²) in [6.07, 6.45) is 1.14. The Hall–Kier alpha value is -2.57. The molecule has 6 nitrogen and oxygen atoms in total. The summed E-state index contributed by atoms with van der Waals surface area (Å²) in [7, 11) is 1.43. The lowest BCUT2D eigenvalue weighted by Gasteiger charge is -2.16. The molecule has 2 aromatic carbocycles. The topological polar surface area (TPSA) is 88.0 Å². The molecule has 0 saturated carbocycles. The molecular weight excluding hydrogens is 358 g/mol. The number of phenols is 1. The van der Waals surface area contributed by atoms with E-state index < -0.39 is 6.10 Å². The summed E-state index contributed by atoms with van der Waals surface area (Å²) in [5.41, 5.74) is 1.34. The molecular formula is C22H29NO5. The molecule has 2 rings (SSSR count). The Labute approximate surface area is 166 Å². The van der Waals surface area contributed by atoms with E-state index in [2.05, 4.69) is 5.32 Å². The van der Waals surface area contributed by atoms with Crippen LogP contribution in [-0.4, -0.2) is 48.9 Å². The molecule has 0 fully saturated rings. The lowest BCUT2D eigenvalue weighted by Crippen LogP contribution is -2.32. The van der Waals surface area contributed by atoms with Gasteiger partial charge >= 0.3 is 0 Å². The average Bonchev–Trinajstić information content (AvgIpc) is 2.71. The van der Waals surface area contributed by atoms with Crippen LogP contribution in [0.5, 0.6) is 17.2 Å². The number of ketones is 1. The molecule has 0 aliphatic rings. The highest BCUT2D eigenvalue weighted by Crippen LogP contribution is 2.34. The molecule has 1 unspecified atom stereocenters. The highest BCUT2D eigenvalue weighted by atomic mass is 16.5. The number of aliphatic hydroxyl groups is 1. The van der Waals surface area contributed by atoms with Crippen LogP contribution in [-0.2, 0) is 6.42 Å². The largest absolute Gasteiger partial charge is 0.504 e. The summed E-state index contributed by atoms with van der Waals surface area (Å²) in [5.74, 6) is 0.244. The molecule has 0 bridgehead atoms. The maximum atomic E-state index is 12.7. The first-order valence-electron chi connectivity index (χ1n) is 9.54. The smallest absolute Gasteiger partial charge is 0.167 e. The molecule has 3 N–H and O–H groups in total. The summed E-state index contributed by atoms with van der Waals surface area (Å²) >= 11 is 0. The van der Waals surface area contributed by atoms with E-state index in [0.29, 0.717) is 18.7 Å². The van der Waals surface area contributed by atoms with Crippen molar-refractivity contribution >= 4 is 5.78 Å². The zero-order valence-electron chi connectivity index (χ0n) is 16.5. The monoisotopic (exact) mass is 387 g/mol. The fourth-order valence-electron chi connectivity index (χ4n) is 2.78. The SMILES string of the molecule is CCCNCC(O)COc1cc(OC)c(O)cc1C(=O)CCc1ccccc1. The number of ether oxygens (including phenoxy) is 2. The lowest BCUT2D eigenvalue weighted by molar-refractivity contribution is 0.0949. The Morgan fingerprint density at radius 3 is 2.61 bits per heavy atom. The number of carbonyl (C=O) groups is 1. The Morgan fingerprint density at radius 1 is 1.18 bits per heavy atom. The van der Waals surface area contributed by atoms with Gasteiger partial charge in [0.15, 0.2) is 17.3 Å². The number of phenolic OH excluding ortho intramolecular Hbond substituents is 1. The molecule has 0 amide bonds. The zero-order chi connectivity index (χ0) is 20.4. The molecule has 2 aromatic rings. The van der Waals surface area contributed by atoms with Gasteiger partial charge in [-0.15, -0.1) is 0 Å². The number of aromatic hydroxyl groups is 1. The number of aryl methyl sites for hydroxylation is 1. The zero-order valence-corrected chi connectivity index (χ0v) is 16.5. The van der Waals surface area contributed by atoms with Crippen LogP contribution in [0.25, 0.3) is 0 Å². The minimum absolute atomic E-state index is 0.0314. The van der Waals surface area contributed by atoms with Crippen LogP contribution >= 0.6 is 0 Å². The van der Waals surface area contributed by atoms with Gasteiger partial charge in [0.2, 0.25) is 0 Å². The van der Waals surface area contributed by atoms with Crippen LogP contribution in [0.15, 0.2) is 42.5 Å². The van der Waals surface area contributed by atoms with Gasteiger partial charge in [-0.05, 0) is 31.0 Å². The second-order valence-corrected chi connectivity index (χ2v) is 6.60. The van der Waals surface area contributed by atoms with Crippen molar-refractivity contribution < 1.29 is 24.5 Å². The Morgan fingerprint density at radius 2 is 1.93 bits per heavy atom. The standard InChI is InChI=1S/C22H29NO5/c1-3-11-23-14-17(24)15-28-21-13-22(27-2)20(26)12-18(21)19(25)10-9-16-7-5-4-6-8-16/h4-8,12-13,17,23-24,26H,3,9-11,14-15H2,1-2H3. The van der Waals surface area contributed by atoms with Crippen molar-refractivity contribution in [1.29, 1.82) is 0 Å². The summed E-state index contributed by atoms with van der Waals surface area (Å²) in [4.78, 5) is 12.7. The number of methoxy groups -OCH3 is 1. The fraction of sp³-hybridized carbons (Fsp3) is 0.409. The van der Waals surface area contributed by atoms with Crippen molar-refractivity contribution in [3.63, 3.8) is 0 Å². The number of Topliss-reactive ketones (excluding diaryl/α,β-unsaturated/α-hetero) is 1. The third-order valence-electron chi connectivity index (χ3n) is 4.30. The number of carbonyl (C=O) groups excluding carboxylic acids is 1. The van der Waals surface area contributed by atoms with Gasteiger partial charge in [-0.2, -0.15) is 0 Å². The first-order chi connectivity index (χ1) is 13.5. The van der Waals surface area contributed by atoms with E-state index in [9.17, 15) is 15.0 Å². The van der Waals surface area contributed by atoms with Gasteiger partial charge in [0.1, 0.15) is 18.5 Å². The third-order valence-corrected chi connectivity index (χ3v) is 4.30. The molecule has 0 saturated heterocycles. The van der Waals surface area contributed by atoms with Gasteiger partial charge in [-0.1, -0.05) is 37.3 Å². The number of hydrogen-bond donors (Lipinski definition) is 3. The molecule has 0 aliphatic heterocycles. The minimum atomic E-state index is -0.710. The van der Waals surface area contributed by atoms with E-state index in [4.69, 9.17) is 9.47 Å². The first kappa shape index (κ1) is 21.7. The van der Waals surface area contributed by atoms with Gasteiger partial charge in [0, 0.05) is 19.0 Å². The minimum Gasteiger partial charge on any atom is -0.504 e. The van der Waals surface area contributed by atoms with E-state index in [1.54, 1.807) is 0 Å². The van der Waals surface area contributed by atoms with Crippen molar-refractivity contribution in [2.75, 3.05) is 26.8 Å². The molecule has 152 valence electrons. The molecule has 28 heavy (non-hydrogen) atoms. The van der Waals surface area contributed by atoms with Crippen molar-refractivity contribution in [3.8, 4) is 17.2 Å². The maximum absolute atomic E-state index is 12.7. The third kappa shape index (κ3) is 6.55. The molecule has 0 radical (unpaired) electrons. The Bertz CT molecular complexity index is 748. The second-order valence-electron chi connectivity index (χ2n) is 6.60. The van der Waals surface area contributed by atoms with Crippen LogP contribution in [0, 0.1) is 0 Å². The average molecular weight is 387 g/mol. The van der Waals surface area contributed by atoms with E-state index in [1.165, 1.54) is 19.2 Å².